The van der Waals surface area contributed by atoms with Gasteiger partial charge in [0.15, 0.2) is 0 Å². The van der Waals surface area contributed by atoms with Crippen molar-refractivity contribution < 1.29 is 127 Å². The molecule has 2 unspecified atom stereocenters. The molecule has 6 N–H and O–H groups in total. The van der Waals surface area contributed by atoms with Gasteiger partial charge in [0, 0.05) is 38.3 Å². The summed E-state index contributed by atoms with van der Waals surface area (Å²) >= 11 is 0. The minimum Gasteiger partial charge on any atom is -0.778 e. The summed E-state index contributed by atoms with van der Waals surface area (Å²) < 4.78 is 31.9. The third-order valence-electron chi connectivity index (χ3n) is 5.01. The number of nitrogens with one attached hydrogen (secondary N) is 2. The van der Waals surface area contributed by atoms with Crippen molar-refractivity contribution in [3.05, 3.63) is 0 Å². The number of amidine groups is 2. The van der Waals surface area contributed by atoms with Crippen LogP contribution in [-0.2, 0) is 37.4 Å². The summed E-state index contributed by atoms with van der Waals surface area (Å²) in [6.07, 6.45) is -0.990. The molecule has 0 spiro atoms. The Hall–Kier alpha value is -0.880. The van der Waals surface area contributed by atoms with E-state index in [9.17, 15) is 38.1 Å². The van der Waals surface area contributed by atoms with Crippen molar-refractivity contribution in [2.24, 2.45) is 9.98 Å². The molecule has 2 aliphatic rings. The van der Waals surface area contributed by atoms with E-state index in [0.29, 0.717) is 51.7 Å². The maximum absolute atomic E-state index is 11.6. The second-order valence-electron chi connectivity index (χ2n) is 8.15. The first-order valence-corrected chi connectivity index (χ1v) is 14.3. The van der Waals surface area contributed by atoms with Gasteiger partial charge in [-0.3, -0.25) is 9.98 Å². The zero-order valence-corrected chi connectivity index (χ0v) is 28.1. The summed E-state index contributed by atoms with van der Waals surface area (Å²) in [6.45, 7) is 3.66. The first-order valence-electron chi connectivity index (χ1n) is 10.8. The molecule has 2 heterocycles. The van der Waals surface area contributed by atoms with Crippen LogP contribution in [0.5, 0.6) is 0 Å². The molecule has 2 atom stereocenters. The molecule has 0 bridgehead atoms. The molecule has 22 heteroatoms. The zero-order valence-electron chi connectivity index (χ0n) is 22.3. The van der Waals surface area contributed by atoms with Gasteiger partial charge < -0.3 is 59.0 Å². The minimum atomic E-state index is -4.61. The van der Waals surface area contributed by atoms with Crippen LogP contribution in [0.3, 0.4) is 0 Å². The Kier molecular flexibility index (Phi) is 17.8. The third-order valence-corrected chi connectivity index (χ3v) is 7.84. The van der Waals surface area contributed by atoms with Gasteiger partial charge in [-0.1, -0.05) is 0 Å². The van der Waals surface area contributed by atoms with E-state index in [1.807, 2.05) is 0 Å². The molecule has 18 nitrogen and oxygen atoms in total. The summed E-state index contributed by atoms with van der Waals surface area (Å²) in [5.74, 6) is -6.57. The maximum atomic E-state index is 11.6. The first-order chi connectivity index (χ1) is 17.3. The quantitative estimate of drug-likeness (QED) is 0.0588. The Morgan fingerprint density at radius 3 is 1.23 bits per heavy atom. The van der Waals surface area contributed by atoms with Gasteiger partial charge in [-0.25, -0.2) is 19.2 Å². The van der Waals surface area contributed by atoms with Gasteiger partial charge in [0.05, 0.1) is 24.8 Å². The van der Waals surface area contributed by atoms with Gasteiger partial charge in [-0.15, -0.1) is 0 Å². The fourth-order valence-electron chi connectivity index (χ4n) is 2.70. The summed E-state index contributed by atoms with van der Waals surface area (Å²) in [5.41, 5.74) is -5.63. The number of hydrogen-bond donors (Lipinski definition) is 6. The number of carbonyl (C=O) groups is 4. The van der Waals surface area contributed by atoms with Crippen molar-refractivity contribution in [1.82, 2.24) is 10.6 Å². The van der Waals surface area contributed by atoms with Crippen LogP contribution in [0.1, 0.15) is 26.7 Å². The predicted octanol–water partition coefficient (Wildman–Crippen LogP) is -8.24. The van der Waals surface area contributed by atoms with E-state index < -0.39 is 62.6 Å². The molecule has 0 radical (unpaired) electrons. The van der Waals surface area contributed by atoms with Crippen LogP contribution < -0.4 is 79.5 Å². The molecular formula is C18H28N4Na2O14P2. The molecule has 0 aromatic heterocycles. The summed E-state index contributed by atoms with van der Waals surface area (Å²) in [5, 5.41) is 40.7. The number of carboxylic acid groups (broad SMARTS) is 4. The van der Waals surface area contributed by atoms with Crippen molar-refractivity contribution in [3.8, 4) is 0 Å². The normalized spacial score (nSPS) is 17.4. The third kappa shape index (κ3) is 13.0. The molecular weight excluding hydrogens is 604 g/mol. The van der Waals surface area contributed by atoms with Crippen LogP contribution in [-0.4, -0.2) is 106 Å². The zero-order chi connectivity index (χ0) is 29.4. The molecule has 0 saturated carbocycles. The van der Waals surface area contributed by atoms with Gasteiger partial charge in [0.2, 0.25) is 0 Å². The Balaban J connectivity index is 0. The van der Waals surface area contributed by atoms with E-state index in [0.717, 1.165) is 0 Å². The Labute approximate surface area is 272 Å². The molecule has 0 saturated heterocycles. The van der Waals surface area contributed by atoms with E-state index in [-0.39, 0.29) is 72.0 Å². The van der Waals surface area contributed by atoms with Crippen molar-refractivity contribution in [2.75, 3.05) is 38.5 Å². The number of aliphatic imine (C=N–C) groups is 2. The molecule has 0 aromatic rings. The van der Waals surface area contributed by atoms with Crippen LogP contribution in [0.4, 0.5) is 0 Å². The molecule has 2 rings (SSSR count). The van der Waals surface area contributed by atoms with E-state index in [2.05, 4.69) is 29.7 Å². The van der Waals surface area contributed by atoms with E-state index in [1.54, 1.807) is 0 Å². The van der Waals surface area contributed by atoms with Crippen LogP contribution in [0.2, 0.25) is 0 Å². The number of aliphatic carboxylic acids is 4. The second kappa shape index (κ2) is 17.3. The number of rotatable bonds is 14. The molecule has 0 aliphatic carbocycles. The van der Waals surface area contributed by atoms with E-state index in [1.165, 1.54) is 0 Å². The Bertz CT molecular complexity index is 990. The van der Waals surface area contributed by atoms with Crippen molar-refractivity contribution in [1.29, 1.82) is 0 Å². The average Bonchev–Trinajstić information content (AvgIpc) is 3.50. The first kappa shape index (κ1) is 41.3. The van der Waals surface area contributed by atoms with Crippen LogP contribution in [0.25, 0.3) is 0 Å². The van der Waals surface area contributed by atoms with Gasteiger partial charge in [-0.05, 0) is 13.8 Å². The van der Waals surface area contributed by atoms with Gasteiger partial charge in [-0.2, -0.15) is 0 Å². The Morgan fingerprint density at radius 2 is 1.02 bits per heavy atom. The van der Waals surface area contributed by atoms with Crippen LogP contribution in [0, 0.1) is 0 Å². The SMILES string of the molecule is CC(OP(=O)([O-])CCC1=NCCN1)(C(=O)O)C(=O)O.CC(OP(=O)([O-])CCC1=NCCN1)(C(=O)O)C(=O)O.[Na+].[Na+]. The molecule has 0 amide bonds. The largest absolute Gasteiger partial charge is 1.00 e. The van der Waals surface area contributed by atoms with Crippen LogP contribution >= 0.6 is 15.2 Å². The summed E-state index contributed by atoms with van der Waals surface area (Å²) in [7, 11) is -9.21. The standard InChI is InChI=1S/2C9H15N2O7P.2Na/c2*1-9(7(12)13,8(14)15)18-19(16,17)5-2-6-10-3-4-11-6;;/h2*2-5H2,1H3,(H,10,11)(H,12,13)(H,14,15)(H,16,17);;/q;;2*+1/p-2. The predicted molar refractivity (Wildman–Crippen MR) is 124 cm³/mol. The van der Waals surface area contributed by atoms with Gasteiger partial charge in [0.1, 0.15) is 15.2 Å². The fraction of sp³-hybridized carbons (Fsp3) is 0.667. The van der Waals surface area contributed by atoms with E-state index >= 15 is 0 Å². The van der Waals surface area contributed by atoms with E-state index in [4.69, 9.17) is 20.4 Å². The van der Waals surface area contributed by atoms with Gasteiger partial charge in [0.25, 0.3) is 11.2 Å². The molecule has 0 aromatic carbocycles. The summed E-state index contributed by atoms with van der Waals surface area (Å²) in [6, 6.07) is 0. The monoisotopic (exact) mass is 632 g/mol. The minimum absolute atomic E-state index is 0. The van der Waals surface area contributed by atoms with Crippen LogP contribution in [0.15, 0.2) is 9.98 Å². The molecule has 40 heavy (non-hydrogen) atoms. The Morgan fingerprint density at radius 1 is 0.750 bits per heavy atom. The van der Waals surface area contributed by atoms with Crippen molar-refractivity contribution in [2.45, 2.75) is 37.9 Å². The second-order valence-corrected chi connectivity index (χ2v) is 11.9. The maximum Gasteiger partial charge on any atom is 1.00 e. The van der Waals surface area contributed by atoms with Gasteiger partial charge >= 0.3 is 83.0 Å². The number of carboxylic acids is 4. The average molecular weight is 632 g/mol. The van der Waals surface area contributed by atoms with Crippen molar-refractivity contribution >= 4 is 50.7 Å². The number of nitrogens with zero attached hydrogens (tertiary/aromatic N) is 2. The number of hydrogen-bond acceptors (Lipinski definition) is 14. The fourth-order valence-corrected chi connectivity index (χ4v) is 5.28. The summed E-state index contributed by atoms with van der Waals surface area (Å²) in [4.78, 5) is 74.3. The molecule has 216 valence electrons. The molecule has 2 aliphatic heterocycles. The molecule has 0 fully saturated rings. The topological polar surface area (TPSA) is 297 Å². The van der Waals surface area contributed by atoms with Crippen molar-refractivity contribution in [3.63, 3.8) is 0 Å². The smallest absolute Gasteiger partial charge is 0.778 e.